The van der Waals surface area contributed by atoms with Crippen LogP contribution in [0, 0.1) is 0 Å². The molecule has 0 aliphatic carbocycles. The summed E-state index contributed by atoms with van der Waals surface area (Å²) in [5, 5.41) is 0. The monoisotopic (exact) mass is 260 g/mol. The number of nitrogens with zero attached hydrogens (tertiary/aromatic N) is 2. The fourth-order valence-corrected chi connectivity index (χ4v) is 2.40. The van der Waals surface area contributed by atoms with Crippen molar-refractivity contribution in [2.75, 3.05) is 46.8 Å². The number of likely N-dealkylation sites (N-methyl/N-ethyl adjacent to an activating group) is 1. The molecule has 2 atom stereocenters. The zero-order valence-electron chi connectivity index (χ0n) is 14.0. The fourth-order valence-electron chi connectivity index (χ4n) is 2.40. The first-order valence-corrected chi connectivity index (χ1v) is 7.60. The lowest BCUT2D eigenvalue weighted by Gasteiger charge is -2.40. The minimum atomic E-state index is 0.262. The average Bonchev–Trinajstić information content (AvgIpc) is 2.36. The maximum Gasteiger partial charge on any atom is 0.190 e. The standard InChI is InChI=1S/C15H36N2O/c1-9-16(7,8)15(6)18-14(5)13-17(10-2,11-3)12-4/h14-15H,9-13H2,1-8H3/q+2. The van der Waals surface area contributed by atoms with Crippen LogP contribution < -0.4 is 0 Å². The van der Waals surface area contributed by atoms with Gasteiger partial charge in [0, 0.05) is 6.92 Å². The van der Waals surface area contributed by atoms with Crippen molar-refractivity contribution in [1.82, 2.24) is 0 Å². The molecule has 0 spiro atoms. The highest BCUT2D eigenvalue weighted by Gasteiger charge is 2.29. The van der Waals surface area contributed by atoms with E-state index in [1.54, 1.807) is 0 Å². The molecule has 0 rings (SSSR count). The molecule has 18 heavy (non-hydrogen) atoms. The van der Waals surface area contributed by atoms with Crippen molar-refractivity contribution in [3.63, 3.8) is 0 Å². The zero-order valence-corrected chi connectivity index (χ0v) is 14.0. The first-order chi connectivity index (χ1) is 8.26. The molecule has 110 valence electrons. The molecule has 3 heteroatoms. The number of rotatable bonds is 9. The van der Waals surface area contributed by atoms with Crippen LogP contribution in [0.15, 0.2) is 0 Å². The predicted molar refractivity (Wildman–Crippen MR) is 79.4 cm³/mol. The second-order valence-electron chi connectivity index (χ2n) is 6.11. The fraction of sp³-hybridized carbons (Fsp3) is 1.00. The van der Waals surface area contributed by atoms with Crippen LogP contribution in [0.4, 0.5) is 0 Å². The summed E-state index contributed by atoms with van der Waals surface area (Å²) in [6.07, 6.45) is 0.585. The van der Waals surface area contributed by atoms with E-state index in [0.717, 1.165) is 22.1 Å². The van der Waals surface area contributed by atoms with Gasteiger partial charge in [0.25, 0.3) is 0 Å². The lowest BCUT2D eigenvalue weighted by molar-refractivity contribution is -0.943. The summed E-state index contributed by atoms with van der Waals surface area (Å²) in [6, 6.07) is 0. The molecule has 0 aromatic heterocycles. The van der Waals surface area contributed by atoms with Crippen LogP contribution in [0.3, 0.4) is 0 Å². The van der Waals surface area contributed by atoms with Crippen molar-refractivity contribution in [3.05, 3.63) is 0 Å². The topological polar surface area (TPSA) is 9.23 Å². The van der Waals surface area contributed by atoms with Gasteiger partial charge in [0.15, 0.2) is 6.23 Å². The smallest absolute Gasteiger partial charge is 0.190 e. The van der Waals surface area contributed by atoms with Gasteiger partial charge >= 0.3 is 0 Å². The summed E-state index contributed by atoms with van der Waals surface area (Å²) in [7, 11) is 4.47. The molecule has 0 saturated carbocycles. The number of quaternary nitrogens is 2. The second kappa shape index (κ2) is 7.46. The summed E-state index contributed by atoms with van der Waals surface area (Å²) in [6.45, 7) is 19.3. The molecule has 0 fully saturated rings. The van der Waals surface area contributed by atoms with Crippen LogP contribution in [0.5, 0.6) is 0 Å². The first kappa shape index (κ1) is 17.9. The lowest BCUT2D eigenvalue weighted by Crippen LogP contribution is -2.54. The number of hydrogen-bond acceptors (Lipinski definition) is 1. The van der Waals surface area contributed by atoms with Gasteiger partial charge in [0.05, 0.1) is 40.3 Å². The summed E-state index contributed by atoms with van der Waals surface area (Å²) in [5.74, 6) is 0. The Morgan fingerprint density at radius 3 is 1.61 bits per heavy atom. The summed E-state index contributed by atoms with van der Waals surface area (Å²) in [4.78, 5) is 0. The summed E-state index contributed by atoms with van der Waals surface area (Å²) < 4.78 is 8.31. The Morgan fingerprint density at radius 1 is 0.833 bits per heavy atom. The van der Waals surface area contributed by atoms with Crippen LogP contribution >= 0.6 is 0 Å². The van der Waals surface area contributed by atoms with Gasteiger partial charge in [-0.15, -0.1) is 0 Å². The van der Waals surface area contributed by atoms with Crippen molar-refractivity contribution < 1.29 is 13.7 Å². The van der Waals surface area contributed by atoms with Crippen LogP contribution in [0.25, 0.3) is 0 Å². The third-order valence-electron chi connectivity index (χ3n) is 4.89. The molecule has 0 aromatic rings. The van der Waals surface area contributed by atoms with E-state index in [4.69, 9.17) is 4.74 Å². The van der Waals surface area contributed by atoms with E-state index in [0.29, 0.717) is 6.10 Å². The third-order valence-corrected chi connectivity index (χ3v) is 4.89. The van der Waals surface area contributed by atoms with E-state index in [1.165, 1.54) is 19.6 Å². The molecule has 0 aromatic carbocycles. The molecule has 0 bridgehead atoms. The predicted octanol–water partition coefficient (Wildman–Crippen LogP) is 2.71. The summed E-state index contributed by atoms with van der Waals surface area (Å²) in [5.41, 5.74) is 0. The molecule has 0 N–H and O–H groups in total. The van der Waals surface area contributed by atoms with E-state index in [1.807, 2.05) is 0 Å². The SMILES string of the molecule is CC[N+](CC)(CC)CC(C)OC(C)[N+](C)(C)CC. The Bertz CT molecular complexity index is 216. The van der Waals surface area contributed by atoms with Crippen LogP contribution in [0.2, 0.25) is 0 Å². The summed E-state index contributed by atoms with van der Waals surface area (Å²) >= 11 is 0. The third kappa shape index (κ3) is 4.87. The van der Waals surface area contributed by atoms with Gasteiger partial charge in [0.1, 0.15) is 12.6 Å². The van der Waals surface area contributed by atoms with E-state index >= 15 is 0 Å². The zero-order chi connectivity index (χ0) is 14.4. The van der Waals surface area contributed by atoms with E-state index in [-0.39, 0.29) is 6.23 Å². The molecule has 0 amide bonds. The van der Waals surface area contributed by atoms with Crippen molar-refractivity contribution in [2.45, 2.75) is 53.9 Å². The van der Waals surface area contributed by atoms with Gasteiger partial charge < -0.3 is 13.7 Å². The highest BCUT2D eigenvalue weighted by Crippen LogP contribution is 2.14. The molecule has 0 aliphatic rings. The van der Waals surface area contributed by atoms with E-state index in [9.17, 15) is 0 Å². The Hall–Kier alpha value is -0.120. The Labute approximate surface area is 115 Å². The van der Waals surface area contributed by atoms with Gasteiger partial charge in [-0.25, -0.2) is 0 Å². The van der Waals surface area contributed by atoms with Crippen molar-refractivity contribution >= 4 is 0 Å². The minimum Gasteiger partial charge on any atom is -0.322 e. The number of hydrogen-bond donors (Lipinski definition) is 0. The maximum absolute atomic E-state index is 6.22. The van der Waals surface area contributed by atoms with Gasteiger partial charge in [0.2, 0.25) is 0 Å². The Kier molecular flexibility index (Phi) is 7.41. The van der Waals surface area contributed by atoms with Gasteiger partial charge in [-0.1, -0.05) is 0 Å². The molecule has 2 unspecified atom stereocenters. The lowest BCUT2D eigenvalue weighted by atomic mass is 10.2. The molecule has 0 aliphatic heterocycles. The van der Waals surface area contributed by atoms with Crippen molar-refractivity contribution in [1.29, 1.82) is 0 Å². The average molecular weight is 260 g/mol. The Balaban J connectivity index is 4.46. The molecule has 0 saturated heterocycles. The van der Waals surface area contributed by atoms with Gasteiger partial charge in [-0.2, -0.15) is 0 Å². The largest absolute Gasteiger partial charge is 0.322 e. The molecule has 3 nitrogen and oxygen atoms in total. The highest BCUT2D eigenvalue weighted by atomic mass is 16.5. The van der Waals surface area contributed by atoms with Crippen LogP contribution in [0.1, 0.15) is 41.5 Å². The van der Waals surface area contributed by atoms with Gasteiger partial charge in [-0.05, 0) is 34.6 Å². The minimum absolute atomic E-state index is 0.262. The van der Waals surface area contributed by atoms with Gasteiger partial charge in [-0.3, -0.25) is 0 Å². The van der Waals surface area contributed by atoms with Crippen molar-refractivity contribution in [3.8, 4) is 0 Å². The maximum atomic E-state index is 6.22. The quantitative estimate of drug-likeness (QED) is 0.457. The molecular formula is C15H36N2O+2. The van der Waals surface area contributed by atoms with E-state index in [2.05, 4.69) is 55.6 Å². The van der Waals surface area contributed by atoms with Crippen LogP contribution in [-0.4, -0.2) is 68.1 Å². The second-order valence-corrected chi connectivity index (χ2v) is 6.11. The number of ether oxygens (including phenoxy) is 1. The highest BCUT2D eigenvalue weighted by molar-refractivity contribution is 4.51. The van der Waals surface area contributed by atoms with Crippen molar-refractivity contribution in [2.24, 2.45) is 0 Å². The van der Waals surface area contributed by atoms with Crippen LogP contribution in [-0.2, 0) is 4.74 Å². The molecule has 0 heterocycles. The Morgan fingerprint density at radius 2 is 1.28 bits per heavy atom. The normalized spacial score (nSPS) is 16.7. The van der Waals surface area contributed by atoms with E-state index < -0.39 is 0 Å². The molecular weight excluding hydrogens is 224 g/mol. The first-order valence-electron chi connectivity index (χ1n) is 7.60. The molecule has 0 radical (unpaired) electrons.